The first-order valence-corrected chi connectivity index (χ1v) is 8.80. The predicted octanol–water partition coefficient (Wildman–Crippen LogP) is 4.70. The van der Waals surface area contributed by atoms with E-state index in [1.165, 1.54) is 23.1 Å². The van der Waals surface area contributed by atoms with Gasteiger partial charge < -0.3 is 0 Å². The van der Waals surface area contributed by atoms with Crippen molar-refractivity contribution in [2.24, 2.45) is 0 Å². The zero-order valence-electron chi connectivity index (χ0n) is 11.2. The molecular formula is C15H10BrN3OS2. The molecule has 110 valence electrons. The highest BCUT2D eigenvalue weighted by atomic mass is 79.9. The van der Waals surface area contributed by atoms with Crippen LogP contribution in [0.3, 0.4) is 0 Å². The van der Waals surface area contributed by atoms with Crippen LogP contribution in [-0.2, 0) is 0 Å². The Bertz CT molecular complexity index is 776. The second-order valence-electron chi connectivity index (χ2n) is 4.20. The molecule has 22 heavy (non-hydrogen) atoms. The van der Waals surface area contributed by atoms with Crippen LogP contribution in [0.15, 0.2) is 68.6 Å². The lowest BCUT2D eigenvalue weighted by atomic mass is 10.2. The minimum absolute atomic E-state index is 0.171. The molecule has 0 aliphatic rings. The second kappa shape index (κ2) is 7.04. The summed E-state index contributed by atoms with van der Waals surface area (Å²) in [6, 6.07) is 11.3. The Kier molecular flexibility index (Phi) is 4.87. The summed E-state index contributed by atoms with van der Waals surface area (Å²) in [4.78, 5) is 21.6. The quantitative estimate of drug-likeness (QED) is 0.699. The molecule has 7 heteroatoms. The molecule has 0 spiro atoms. The fraction of sp³-hybridized carbons (Fsp3) is 0. The predicted molar refractivity (Wildman–Crippen MR) is 92.6 cm³/mol. The number of pyridine rings is 1. The van der Waals surface area contributed by atoms with E-state index in [2.05, 4.69) is 31.2 Å². The molecule has 2 heterocycles. The van der Waals surface area contributed by atoms with Crippen molar-refractivity contribution in [2.75, 3.05) is 5.32 Å². The van der Waals surface area contributed by atoms with Gasteiger partial charge in [0.1, 0.15) is 5.03 Å². The van der Waals surface area contributed by atoms with Crippen molar-refractivity contribution in [3.8, 4) is 0 Å². The highest BCUT2D eigenvalue weighted by Gasteiger charge is 2.13. The third-order valence-electron chi connectivity index (χ3n) is 2.70. The number of hydrogen-bond acceptors (Lipinski definition) is 5. The van der Waals surface area contributed by atoms with Crippen LogP contribution in [-0.4, -0.2) is 15.9 Å². The van der Waals surface area contributed by atoms with Gasteiger partial charge in [0.25, 0.3) is 5.91 Å². The van der Waals surface area contributed by atoms with Crippen LogP contribution in [0.25, 0.3) is 0 Å². The monoisotopic (exact) mass is 391 g/mol. The molecule has 1 amide bonds. The van der Waals surface area contributed by atoms with E-state index in [1.807, 2.05) is 35.7 Å². The number of nitrogens with one attached hydrogen (secondary N) is 1. The standard InChI is InChI=1S/C15H10BrN3OS2/c16-10-5-6-13(18-9-10)22-12-4-2-1-3-11(12)14(20)19-15-17-7-8-21-15/h1-9H,(H,17,19,20). The Morgan fingerprint density at radius 1 is 1.18 bits per heavy atom. The van der Waals surface area contributed by atoms with Crippen LogP contribution >= 0.6 is 39.0 Å². The number of aromatic nitrogens is 2. The van der Waals surface area contributed by atoms with Gasteiger partial charge in [-0.2, -0.15) is 0 Å². The number of benzene rings is 1. The molecule has 1 N–H and O–H groups in total. The number of nitrogens with zero attached hydrogens (tertiary/aromatic N) is 2. The molecule has 3 aromatic rings. The van der Waals surface area contributed by atoms with Crippen molar-refractivity contribution in [2.45, 2.75) is 9.92 Å². The van der Waals surface area contributed by atoms with Crippen LogP contribution in [0, 0.1) is 0 Å². The zero-order valence-corrected chi connectivity index (χ0v) is 14.4. The molecule has 0 saturated heterocycles. The lowest BCUT2D eigenvalue weighted by molar-refractivity contribution is 0.102. The van der Waals surface area contributed by atoms with Crippen molar-refractivity contribution in [1.29, 1.82) is 0 Å². The minimum Gasteiger partial charge on any atom is -0.298 e. The first-order chi connectivity index (χ1) is 10.7. The Balaban J connectivity index is 1.83. The van der Waals surface area contributed by atoms with E-state index in [-0.39, 0.29) is 5.91 Å². The molecule has 2 aromatic heterocycles. The van der Waals surface area contributed by atoms with Crippen molar-refractivity contribution >= 4 is 50.1 Å². The molecule has 0 bridgehead atoms. The Hall–Kier alpha value is -1.70. The Morgan fingerprint density at radius 2 is 2.05 bits per heavy atom. The van der Waals surface area contributed by atoms with Crippen LogP contribution in [0.2, 0.25) is 0 Å². The average Bonchev–Trinajstić information content (AvgIpc) is 3.03. The van der Waals surface area contributed by atoms with Crippen LogP contribution < -0.4 is 5.32 Å². The summed E-state index contributed by atoms with van der Waals surface area (Å²) in [5, 5.41) is 6.04. The average molecular weight is 392 g/mol. The molecule has 1 aromatic carbocycles. The highest BCUT2D eigenvalue weighted by molar-refractivity contribution is 9.10. The summed E-state index contributed by atoms with van der Waals surface area (Å²) in [7, 11) is 0. The molecule has 4 nitrogen and oxygen atoms in total. The highest BCUT2D eigenvalue weighted by Crippen LogP contribution is 2.30. The van der Waals surface area contributed by atoms with E-state index < -0.39 is 0 Å². The zero-order chi connectivity index (χ0) is 15.4. The van der Waals surface area contributed by atoms with Gasteiger partial charge in [-0.15, -0.1) is 11.3 Å². The van der Waals surface area contributed by atoms with E-state index in [0.29, 0.717) is 10.7 Å². The lowest BCUT2D eigenvalue weighted by Crippen LogP contribution is -2.12. The third kappa shape index (κ3) is 3.73. The Morgan fingerprint density at radius 3 is 2.77 bits per heavy atom. The largest absolute Gasteiger partial charge is 0.298 e. The van der Waals surface area contributed by atoms with Gasteiger partial charge in [0.15, 0.2) is 5.13 Å². The number of anilines is 1. The first kappa shape index (κ1) is 15.2. The molecule has 0 aliphatic heterocycles. The van der Waals surface area contributed by atoms with E-state index in [0.717, 1.165) is 14.4 Å². The molecule has 0 saturated carbocycles. The Labute approximate surface area is 144 Å². The van der Waals surface area contributed by atoms with Crippen LogP contribution in [0.1, 0.15) is 10.4 Å². The minimum atomic E-state index is -0.171. The number of halogens is 1. The van der Waals surface area contributed by atoms with Gasteiger partial charge >= 0.3 is 0 Å². The maximum Gasteiger partial charge on any atom is 0.258 e. The fourth-order valence-electron chi connectivity index (χ4n) is 1.73. The van der Waals surface area contributed by atoms with Crippen LogP contribution in [0.4, 0.5) is 5.13 Å². The lowest BCUT2D eigenvalue weighted by Gasteiger charge is -2.08. The molecule has 0 unspecified atom stereocenters. The molecule has 0 aliphatic carbocycles. The summed E-state index contributed by atoms with van der Waals surface area (Å²) in [6.07, 6.45) is 3.40. The van der Waals surface area contributed by atoms with Crippen molar-refractivity contribution < 1.29 is 4.79 Å². The van der Waals surface area contributed by atoms with Crippen molar-refractivity contribution in [3.63, 3.8) is 0 Å². The molecule has 0 fully saturated rings. The van der Waals surface area contributed by atoms with Gasteiger partial charge in [0, 0.05) is 27.1 Å². The number of rotatable bonds is 4. The number of amides is 1. The molecular weight excluding hydrogens is 382 g/mol. The molecule has 0 atom stereocenters. The summed E-state index contributed by atoms with van der Waals surface area (Å²) in [5.41, 5.74) is 0.604. The summed E-state index contributed by atoms with van der Waals surface area (Å²) < 4.78 is 0.923. The SMILES string of the molecule is O=C(Nc1nccs1)c1ccccc1Sc1ccc(Br)cn1. The van der Waals surface area contributed by atoms with Gasteiger partial charge in [0.2, 0.25) is 0 Å². The maximum atomic E-state index is 12.4. The second-order valence-corrected chi connectivity index (χ2v) is 7.08. The van der Waals surface area contributed by atoms with Gasteiger partial charge in [-0.3, -0.25) is 10.1 Å². The van der Waals surface area contributed by atoms with Gasteiger partial charge in [-0.25, -0.2) is 9.97 Å². The molecule has 0 radical (unpaired) electrons. The number of carbonyl (C=O) groups is 1. The fourth-order valence-corrected chi connectivity index (χ4v) is 3.37. The number of thiazole rings is 1. The van der Waals surface area contributed by atoms with E-state index >= 15 is 0 Å². The van der Waals surface area contributed by atoms with Crippen molar-refractivity contribution in [1.82, 2.24) is 9.97 Å². The summed E-state index contributed by atoms with van der Waals surface area (Å²) in [5.74, 6) is -0.171. The normalized spacial score (nSPS) is 10.4. The topological polar surface area (TPSA) is 54.9 Å². The third-order valence-corrected chi connectivity index (χ3v) is 4.88. The summed E-state index contributed by atoms with van der Waals surface area (Å²) in [6.45, 7) is 0. The summed E-state index contributed by atoms with van der Waals surface area (Å²) >= 11 is 6.20. The smallest absolute Gasteiger partial charge is 0.258 e. The number of carbonyl (C=O) groups excluding carboxylic acids is 1. The van der Waals surface area contributed by atoms with E-state index in [4.69, 9.17) is 0 Å². The maximum absolute atomic E-state index is 12.4. The van der Waals surface area contributed by atoms with Gasteiger partial charge in [-0.05, 0) is 40.2 Å². The van der Waals surface area contributed by atoms with Crippen molar-refractivity contribution in [3.05, 3.63) is 64.2 Å². The van der Waals surface area contributed by atoms with E-state index in [1.54, 1.807) is 18.5 Å². The first-order valence-electron chi connectivity index (χ1n) is 6.31. The van der Waals surface area contributed by atoms with Crippen LogP contribution in [0.5, 0.6) is 0 Å². The van der Waals surface area contributed by atoms with Gasteiger partial charge in [0.05, 0.1) is 5.56 Å². The van der Waals surface area contributed by atoms with Gasteiger partial charge in [-0.1, -0.05) is 23.9 Å². The number of hydrogen-bond donors (Lipinski definition) is 1. The molecule has 3 rings (SSSR count). The van der Waals surface area contributed by atoms with E-state index in [9.17, 15) is 4.79 Å².